The highest BCUT2D eigenvalue weighted by atomic mass is 32.2. The van der Waals surface area contributed by atoms with E-state index in [2.05, 4.69) is 4.72 Å². The molecule has 0 aromatic heterocycles. The molecule has 31 heavy (non-hydrogen) atoms. The van der Waals surface area contributed by atoms with Gasteiger partial charge < -0.3 is 9.64 Å². The molecule has 0 aliphatic carbocycles. The smallest absolute Gasteiger partial charge is 0.329 e. The summed E-state index contributed by atoms with van der Waals surface area (Å²) < 4.78 is 33.5. The highest BCUT2D eigenvalue weighted by Crippen LogP contribution is 2.23. The van der Waals surface area contributed by atoms with Crippen molar-refractivity contribution in [2.45, 2.75) is 50.3 Å². The van der Waals surface area contributed by atoms with E-state index in [0.717, 1.165) is 5.56 Å². The molecule has 8 heteroatoms. The van der Waals surface area contributed by atoms with E-state index < -0.39 is 34.0 Å². The zero-order valence-electron chi connectivity index (χ0n) is 17.7. The SMILES string of the molecule is CC(C)[C@H](NS(=O)(=O)c1ccccc1)C(=O)N1CCC[C@H]1C(=O)OCc1ccccc1. The Labute approximate surface area is 183 Å². The van der Waals surface area contributed by atoms with Crippen LogP contribution in [0.1, 0.15) is 32.3 Å². The van der Waals surface area contributed by atoms with Gasteiger partial charge in [-0.2, -0.15) is 4.72 Å². The number of sulfonamides is 1. The number of carbonyl (C=O) groups excluding carboxylic acids is 2. The molecule has 7 nitrogen and oxygen atoms in total. The fourth-order valence-electron chi connectivity index (χ4n) is 3.59. The summed E-state index contributed by atoms with van der Waals surface area (Å²) in [4.78, 5) is 27.5. The van der Waals surface area contributed by atoms with E-state index in [1.54, 1.807) is 32.0 Å². The Morgan fingerprint density at radius 3 is 2.29 bits per heavy atom. The second kappa shape index (κ2) is 10.1. The first kappa shape index (κ1) is 23.0. The molecule has 1 fully saturated rings. The predicted molar refractivity (Wildman–Crippen MR) is 116 cm³/mol. The van der Waals surface area contributed by atoms with E-state index in [1.165, 1.54) is 17.0 Å². The van der Waals surface area contributed by atoms with E-state index in [-0.39, 0.29) is 17.4 Å². The topological polar surface area (TPSA) is 92.8 Å². The van der Waals surface area contributed by atoms with Crippen molar-refractivity contribution in [3.8, 4) is 0 Å². The summed E-state index contributed by atoms with van der Waals surface area (Å²) in [5.74, 6) is -1.18. The molecule has 3 rings (SSSR count). The molecule has 0 unspecified atom stereocenters. The van der Waals surface area contributed by atoms with E-state index in [4.69, 9.17) is 4.74 Å². The Hall–Kier alpha value is -2.71. The summed E-state index contributed by atoms with van der Waals surface area (Å²) in [6, 6.07) is 15.6. The average molecular weight is 445 g/mol. The molecular weight excluding hydrogens is 416 g/mol. The van der Waals surface area contributed by atoms with Gasteiger partial charge in [0.2, 0.25) is 15.9 Å². The Kier molecular flexibility index (Phi) is 7.46. The molecule has 0 radical (unpaired) electrons. The van der Waals surface area contributed by atoms with Gasteiger partial charge in [0, 0.05) is 6.54 Å². The largest absolute Gasteiger partial charge is 0.459 e. The molecule has 1 aliphatic rings. The number of esters is 1. The lowest BCUT2D eigenvalue weighted by Crippen LogP contribution is -2.53. The molecule has 1 heterocycles. The molecule has 1 amide bonds. The number of hydrogen-bond donors (Lipinski definition) is 1. The van der Waals surface area contributed by atoms with Crippen molar-refractivity contribution in [2.75, 3.05) is 6.54 Å². The number of nitrogens with one attached hydrogen (secondary N) is 1. The molecule has 166 valence electrons. The van der Waals surface area contributed by atoms with Crippen molar-refractivity contribution in [3.05, 3.63) is 66.2 Å². The number of amides is 1. The minimum Gasteiger partial charge on any atom is -0.459 e. The zero-order chi connectivity index (χ0) is 22.4. The lowest BCUT2D eigenvalue weighted by molar-refractivity contribution is -0.155. The van der Waals surface area contributed by atoms with Crippen LogP contribution in [0.5, 0.6) is 0 Å². The number of ether oxygens (including phenoxy) is 1. The van der Waals surface area contributed by atoms with Gasteiger partial charge in [-0.05, 0) is 36.5 Å². The Bertz CT molecular complexity index is 993. The van der Waals surface area contributed by atoms with Crippen molar-refractivity contribution < 1.29 is 22.7 Å². The van der Waals surface area contributed by atoms with Crippen molar-refractivity contribution in [3.63, 3.8) is 0 Å². The summed E-state index contributed by atoms with van der Waals surface area (Å²) in [6.45, 7) is 4.07. The standard InChI is InChI=1S/C23H28N2O5S/c1-17(2)21(24-31(28,29)19-12-7-4-8-13-19)22(26)25-15-9-14-20(25)23(27)30-16-18-10-5-3-6-11-18/h3-8,10-13,17,20-21,24H,9,14-16H2,1-2H3/t20-,21-/m0/s1. The van der Waals surface area contributed by atoms with Crippen molar-refractivity contribution in [1.82, 2.24) is 9.62 Å². The van der Waals surface area contributed by atoms with Gasteiger partial charge in [-0.1, -0.05) is 62.4 Å². The minimum absolute atomic E-state index is 0.0914. The molecule has 1 N–H and O–H groups in total. The van der Waals surface area contributed by atoms with Gasteiger partial charge in [-0.15, -0.1) is 0 Å². The maximum Gasteiger partial charge on any atom is 0.329 e. The lowest BCUT2D eigenvalue weighted by atomic mass is 10.0. The van der Waals surface area contributed by atoms with Crippen LogP contribution in [-0.2, 0) is 31.0 Å². The highest BCUT2D eigenvalue weighted by Gasteiger charge is 2.40. The van der Waals surface area contributed by atoms with Crippen LogP contribution in [0.4, 0.5) is 0 Å². The third-order valence-corrected chi connectivity index (χ3v) is 6.76. The fourth-order valence-corrected chi connectivity index (χ4v) is 4.94. The van der Waals surface area contributed by atoms with Crippen LogP contribution in [0.15, 0.2) is 65.6 Å². The van der Waals surface area contributed by atoms with Gasteiger partial charge in [0.25, 0.3) is 0 Å². The van der Waals surface area contributed by atoms with E-state index >= 15 is 0 Å². The van der Waals surface area contributed by atoms with Crippen molar-refractivity contribution in [2.24, 2.45) is 5.92 Å². The monoisotopic (exact) mass is 444 g/mol. The van der Waals surface area contributed by atoms with E-state index in [0.29, 0.717) is 19.4 Å². The van der Waals surface area contributed by atoms with E-state index in [1.807, 2.05) is 30.3 Å². The third-order valence-electron chi connectivity index (χ3n) is 5.30. The van der Waals surface area contributed by atoms with Crippen LogP contribution < -0.4 is 4.72 Å². The summed E-state index contributed by atoms with van der Waals surface area (Å²) in [6.07, 6.45) is 1.16. The second-order valence-electron chi connectivity index (χ2n) is 7.94. The van der Waals surface area contributed by atoms with Crippen LogP contribution in [0.3, 0.4) is 0 Å². The molecule has 2 aromatic carbocycles. The highest BCUT2D eigenvalue weighted by molar-refractivity contribution is 7.89. The first-order valence-corrected chi connectivity index (χ1v) is 11.9. The number of likely N-dealkylation sites (tertiary alicyclic amines) is 1. The number of rotatable bonds is 8. The van der Waals surface area contributed by atoms with E-state index in [9.17, 15) is 18.0 Å². The van der Waals surface area contributed by atoms with Gasteiger partial charge in [0.1, 0.15) is 18.7 Å². The third kappa shape index (κ3) is 5.71. The molecule has 0 bridgehead atoms. The number of nitrogens with zero attached hydrogens (tertiary/aromatic N) is 1. The fraction of sp³-hybridized carbons (Fsp3) is 0.391. The molecule has 1 aliphatic heterocycles. The molecule has 0 saturated carbocycles. The minimum atomic E-state index is -3.88. The zero-order valence-corrected chi connectivity index (χ0v) is 18.5. The normalized spacial score (nSPS) is 17.5. The van der Waals surface area contributed by atoms with Crippen LogP contribution in [0.2, 0.25) is 0 Å². The van der Waals surface area contributed by atoms with Gasteiger partial charge in [-0.25, -0.2) is 13.2 Å². The number of benzene rings is 2. The van der Waals surface area contributed by atoms with Crippen LogP contribution in [-0.4, -0.2) is 43.8 Å². The van der Waals surface area contributed by atoms with Gasteiger partial charge in [0.05, 0.1) is 4.90 Å². The van der Waals surface area contributed by atoms with Crippen LogP contribution in [0.25, 0.3) is 0 Å². The summed E-state index contributed by atoms with van der Waals surface area (Å²) >= 11 is 0. The van der Waals surface area contributed by atoms with Crippen LogP contribution in [0, 0.1) is 5.92 Å². The lowest BCUT2D eigenvalue weighted by Gasteiger charge is -2.30. The molecule has 2 aromatic rings. The summed E-state index contributed by atoms with van der Waals surface area (Å²) in [7, 11) is -3.88. The summed E-state index contributed by atoms with van der Waals surface area (Å²) in [5, 5.41) is 0. The number of carbonyl (C=O) groups is 2. The average Bonchev–Trinajstić information content (AvgIpc) is 3.27. The van der Waals surface area contributed by atoms with Crippen molar-refractivity contribution in [1.29, 1.82) is 0 Å². The van der Waals surface area contributed by atoms with Crippen LogP contribution >= 0.6 is 0 Å². The summed E-state index contributed by atoms with van der Waals surface area (Å²) in [5.41, 5.74) is 0.863. The number of hydrogen-bond acceptors (Lipinski definition) is 5. The molecule has 2 atom stereocenters. The molecule has 0 spiro atoms. The van der Waals surface area contributed by atoms with Crippen molar-refractivity contribution >= 4 is 21.9 Å². The maximum atomic E-state index is 13.3. The quantitative estimate of drug-likeness (QED) is 0.632. The van der Waals surface area contributed by atoms with Gasteiger partial charge in [0.15, 0.2) is 0 Å². The Morgan fingerprint density at radius 1 is 1.06 bits per heavy atom. The first-order valence-electron chi connectivity index (χ1n) is 10.4. The Morgan fingerprint density at radius 2 is 1.68 bits per heavy atom. The second-order valence-corrected chi connectivity index (χ2v) is 9.65. The first-order chi connectivity index (χ1) is 14.8. The van der Waals surface area contributed by atoms with Gasteiger partial charge >= 0.3 is 5.97 Å². The maximum absolute atomic E-state index is 13.3. The Balaban J connectivity index is 1.71. The molecule has 1 saturated heterocycles. The molecular formula is C23H28N2O5S. The predicted octanol–water partition coefficient (Wildman–Crippen LogP) is 2.72. The van der Waals surface area contributed by atoms with Gasteiger partial charge in [-0.3, -0.25) is 4.79 Å².